The fourth-order valence-electron chi connectivity index (χ4n) is 2.00. The molecule has 2 aromatic heterocycles. The SMILES string of the molecule is N#Cc1cc2cc(F)ccc2n1-c1ccccn1. The van der Waals surface area contributed by atoms with Crippen molar-refractivity contribution in [1.82, 2.24) is 9.55 Å². The molecule has 0 saturated heterocycles. The standard InChI is InChI=1S/C14H8FN3/c15-11-4-5-13-10(7-11)8-12(9-16)18(13)14-3-1-2-6-17-14/h1-8H. The number of fused-ring (bicyclic) bond motifs is 1. The molecule has 0 N–H and O–H groups in total. The van der Waals surface area contributed by atoms with Gasteiger partial charge in [0.1, 0.15) is 23.4 Å². The van der Waals surface area contributed by atoms with Gasteiger partial charge in [-0.25, -0.2) is 9.37 Å². The van der Waals surface area contributed by atoms with Crippen molar-refractivity contribution in [2.24, 2.45) is 0 Å². The van der Waals surface area contributed by atoms with Crippen LogP contribution in [0.1, 0.15) is 5.69 Å². The van der Waals surface area contributed by atoms with E-state index in [9.17, 15) is 4.39 Å². The van der Waals surface area contributed by atoms with Crippen LogP contribution >= 0.6 is 0 Å². The molecule has 86 valence electrons. The van der Waals surface area contributed by atoms with E-state index >= 15 is 0 Å². The summed E-state index contributed by atoms with van der Waals surface area (Å²) < 4.78 is 14.9. The molecule has 2 heterocycles. The summed E-state index contributed by atoms with van der Waals surface area (Å²) in [6.45, 7) is 0. The number of nitrogens with zero attached hydrogens (tertiary/aromatic N) is 3. The smallest absolute Gasteiger partial charge is 0.138 e. The Kier molecular flexibility index (Phi) is 2.31. The summed E-state index contributed by atoms with van der Waals surface area (Å²) in [4.78, 5) is 4.22. The average molecular weight is 237 g/mol. The van der Waals surface area contributed by atoms with Gasteiger partial charge in [0.15, 0.2) is 0 Å². The zero-order valence-corrected chi connectivity index (χ0v) is 9.34. The van der Waals surface area contributed by atoms with E-state index in [0.717, 1.165) is 5.52 Å². The van der Waals surface area contributed by atoms with Gasteiger partial charge in [-0.3, -0.25) is 4.57 Å². The molecular formula is C14H8FN3. The molecule has 1 aromatic carbocycles. The molecule has 3 aromatic rings. The Balaban J connectivity index is 2.38. The Labute approximate surface area is 103 Å². The lowest BCUT2D eigenvalue weighted by Gasteiger charge is -2.05. The molecule has 3 nitrogen and oxygen atoms in total. The number of halogens is 1. The van der Waals surface area contributed by atoms with Gasteiger partial charge in [-0.05, 0) is 36.4 Å². The molecule has 0 amide bonds. The summed E-state index contributed by atoms with van der Waals surface area (Å²) in [5.41, 5.74) is 1.21. The molecule has 0 aliphatic carbocycles. The van der Waals surface area contributed by atoms with Crippen LogP contribution in [0.3, 0.4) is 0 Å². The van der Waals surface area contributed by atoms with Crippen LogP contribution < -0.4 is 0 Å². The predicted molar refractivity (Wildman–Crippen MR) is 65.7 cm³/mol. The van der Waals surface area contributed by atoms with E-state index in [-0.39, 0.29) is 5.82 Å². The first-order chi connectivity index (χ1) is 8.79. The maximum Gasteiger partial charge on any atom is 0.138 e. The van der Waals surface area contributed by atoms with Crippen molar-refractivity contribution in [3.63, 3.8) is 0 Å². The quantitative estimate of drug-likeness (QED) is 0.652. The second-order valence-electron chi connectivity index (χ2n) is 3.87. The Hall–Kier alpha value is -2.67. The van der Waals surface area contributed by atoms with Gasteiger partial charge in [0, 0.05) is 11.6 Å². The Morgan fingerprint density at radius 3 is 2.78 bits per heavy atom. The highest BCUT2D eigenvalue weighted by molar-refractivity contribution is 5.84. The largest absolute Gasteiger partial charge is 0.285 e. The molecule has 4 heteroatoms. The van der Waals surface area contributed by atoms with Gasteiger partial charge in [-0.15, -0.1) is 0 Å². The summed E-state index contributed by atoms with van der Waals surface area (Å²) in [7, 11) is 0. The van der Waals surface area contributed by atoms with Gasteiger partial charge in [0.2, 0.25) is 0 Å². The van der Waals surface area contributed by atoms with E-state index in [4.69, 9.17) is 5.26 Å². The zero-order valence-electron chi connectivity index (χ0n) is 9.34. The Morgan fingerprint density at radius 1 is 1.17 bits per heavy atom. The van der Waals surface area contributed by atoms with Crippen LogP contribution in [0.4, 0.5) is 4.39 Å². The third-order valence-corrected chi connectivity index (χ3v) is 2.76. The average Bonchev–Trinajstić information content (AvgIpc) is 2.77. The van der Waals surface area contributed by atoms with Crippen molar-refractivity contribution in [3.8, 4) is 11.9 Å². The highest BCUT2D eigenvalue weighted by Gasteiger charge is 2.11. The van der Waals surface area contributed by atoms with Crippen molar-refractivity contribution >= 4 is 10.9 Å². The third-order valence-electron chi connectivity index (χ3n) is 2.76. The van der Waals surface area contributed by atoms with Crippen LogP contribution in [-0.4, -0.2) is 9.55 Å². The van der Waals surface area contributed by atoms with E-state index in [1.807, 2.05) is 12.1 Å². The van der Waals surface area contributed by atoms with Gasteiger partial charge in [-0.2, -0.15) is 5.26 Å². The molecule has 0 unspecified atom stereocenters. The van der Waals surface area contributed by atoms with Crippen LogP contribution in [0, 0.1) is 17.1 Å². The zero-order chi connectivity index (χ0) is 12.5. The molecule has 0 saturated carbocycles. The van der Waals surface area contributed by atoms with E-state index in [1.54, 1.807) is 29.0 Å². The monoisotopic (exact) mass is 237 g/mol. The molecule has 0 radical (unpaired) electrons. The molecule has 0 fully saturated rings. The number of hydrogen-bond acceptors (Lipinski definition) is 2. The van der Waals surface area contributed by atoms with E-state index in [0.29, 0.717) is 16.9 Å². The van der Waals surface area contributed by atoms with Crippen LogP contribution in [0.25, 0.3) is 16.7 Å². The molecule has 18 heavy (non-hydrogen) atoms. The van der Waals surface area contributed by atoms with E-state index in [1.165, 1.54) is 12.1 Å². The fourth-order valence-corrected chi connectivity index (χ4v) is 2.00. The van der Waals surface area contributed by atoms with Gasteiger partial charge >= 0.3 is 0 Å². The Morgan fingerprint density at radius 2 is 2.06 bits per heavy atom. The van der Waals surface area contributed by atoms with Crippen LogP contribution in [-0.2, 0) is 0 Å². The van der Waals surface area contributed by atoms with E-state index < -0.39 is 0 Å². The summed E-state index contributed by atoms with van der Waals surface area (Å²) in [6, 6.07) is 13.7. The van der Waals surface area contributed by atoms with Gasteiger partial charge in [0.25, 0.3) is 0 Å². The van der Waals surface area contributed by atoms with Crippen LogP contribution in [0.2, 0.25) is 0 Å². The minimum atomic E-state index is -0.315. The first kappa shape index (κ1) is 10.5. The number of aromatic nitrogens is 2. The number of benzene rings is 1. The Bertz CT molecular complexity index is 754. The summed E-state index contributed by atoms with van der Waals surface area (Å²) in [6.07, 6.45) is 1.66. The lowest BCUT2D eigenvalue weighted by atomic mass is 10.2. The summed E-state index contributed by atoms with van der Waals surface area (Å²) in [5.74, 6) is 0.334. The lowest BCUT2D eigenvalue weighted by molar-refractivity contribution is 0.629. The molecule has 0 aliphatic heterocycles. The van der Waals surface area contributed by atoms with Gasteiger partial charge in [-0.1, -0.05) is 6.07 Å². The number of pyridine rings is 1. The third kappa shape index (κ3) is 1.54. The van der Waals surface area contributed by atoms with Crippen LogP contribution in [0.15, 0.2) is 48.7 Å². The summed E-state index contributed by atoms with van der Waals surface area (Å²) in [5, 5.41) is 9.85. The predicted octanol–water partition coefficient (Wildman–Crippen LogP) is 3.04. The molecular weight excluding hydrogens is 229 g/mol. The molecule has 0 bridgehead atoms. The fraction of sp³-hybridized carbons (Fsp3) is 0. The van der Waals surface area contributed by atoms with Crippen molar-refractivity contribution in [2.75, 3.05) is 0 Å². The maximum atomic E-state index is 13.2. The maximum absolute atomic E-state index is 13.2. The normalized spacial score (nSPS) is 10.4. The lowest BCUT2D eigenvalue weighted by Crippen LogP contribution is -1.98. The van der Waals surface area contributed by atoms with Gasteiger partial charge in [0.05, 0.1) is 5.52 Å². The minimum absolute atomic E-state index is 0.315. The van der Waals surface area contributed by atoms with Crippen molar-refractivity contribution in [2.45, 2.75) is 0 Å². The number of rotatable bonds is 1. The van der Waals surface area contributed by atoms with E-state index in [2.05, 4.69) is 11.1 Å². The second-order valence-corrected chi connectivity index (χ2v) is 3.87. The molecule has 0 aliphatic rings. The molecule has 0 spiro atoms. The van der Waals surface area contributed by atoms with Crippen LogP contribution in [0.5, 0.6) is 0 Å². The number of hydrogen-bond donors (Lipinski definition) is 0. The summed E-state index contributed by atoms with van der Waals surface area (Å²) >= 11 is 0. The van der Waals surface area contributed by atoms with Crippen molar-refractivity contribution in [3.05, 3.63) is 60.2 Å². The topological polar surface area (TPSA) is 41.6 Å². The highest BCUT2D eigenvalue weighted by atomic mass is 19.1. The van der Waals surface area contributed by atoms with Crippen molar-refractivity contribution < 1.29 is 4.39 Å². The first-order valence-electron chi connectivity index (χ1n) is 5.42. The first-order valence-corrected chi connectivity index (χ1v) is 5.42. The van der Waals surface area contributed by atoms with Gasteiger partial charge < -0.3 is 0 Å². The second kappa shape index (κ2) is 3.97. The molecule has 3 rings (SSSR count). The van der Waals surface area contributed by atoms with Crippen molar-refractivity contribution in [1.29, 1.82) is 5.26 Å². The highest BCUT2D eigenvalue weighted by Crippen LogP contribution is 2.23. The minimum Gasteiger partial charge on any atom is -0.285 e. The molecule has 0 atom stereocenters. The number of nitriles is 1.